The van der Waals surface area contributed by atoms with Gasteiger partial charge in [0.2, 0.25) is 35.7 Å². The van der Waals surface area contributed by atoms with E-state index >= 15 is 0 Å². The van der Waals surface area contributed by atoms with Crippen LogP contribution in [0.3, 0.4) is 0 Å². The summed E-state index contributed by atoms with van der Waals surface area (Å²) < 4.78 is 0. The molecule has 2 saturated heterocycles. The van der Waals surface area contributed by atoms with E-state index in [-0.39, 0.29) is 0 Å². The Labute approximate surface area is 385 Å². The molecule has 2 aromatic heterocycles. The molecular formula is C46H88N14S2. The number of unbranched alkanes of at least 4 members (excludes halogenated alkanes) is 22. The summed E-state index contributed by atoms with van der Waals surface area (Å²) in [6.07, 6.45) is 32.4. The quantitative estimate of drug-likeness (QED) is 0.0278. The predicted molar refractivity (Wildman–Crippen MR) is 271 cm³/mol. The van der Waals surface area contributed by atoms with Crippen molar-refractivity contribution in [1.29, 1.82) is 0 Å². The van der Waals surface area contributed by atoms with Crippen molar-refractivity contribution in [3.05, 3.63) is 0 Å². The Balaban J connectivity index is 1.10. The van der Waals surface area contributed by atoms with Gasteiger partial charge in [0.1, 0.15) is 0 Å². The van der Waals surface area contributed by atoms with E-state index in [0.29, 0.717) is 23.8 Å². The lowest BCUT2D eigenvalue weighted by molar-refractivity contribution is 0.546. The molecule has 0 amide bonds. The Hall–Kier alpha value is -2.56. The maximum Gasteiger partial charge on any atom is 0.232 e. The minimum atomic E-state index is 0.649. The molecule has 354 valence electrons. The average Bonchev–Trinajstić information content (AvgIpc) is 3.31. The van der Waals surface area contributed by atoms with Gasteiger partial charge >= 0.3 is 0 Å². The van der Waals surface area contributed by atoms with E-state index in [0.717, 1.165) is 115 Å². The second kappa shape index (κ2) is 35.7. The van der Waals surface area contributed by atoms with Gasteiger partial charge in [0.15, 0.2) is 0 Å². The second-order valence-corrected chi connectivity index (χ2v) is 19.9. The fourth-order valence-electron chi connectivity index (χ4n) is 7.92. The van der Waals surface area contributed by atoms with E-state index in [9.17, 15) is 0 Å². The van der Waals surface area contributed by atoms with Crippen molar-refractivity contribution < 1.29 is 0 Å². The number of hydrogen-bond donors (Lipinski definition) is 6. The number of hydrogen-bond acceptors (Lipinski definition) is 16. The number of nitrogens with one attached hydrogen (secondary N) is 6. The van der Waals surface area contributed by atoms with Crippen LogP contribution in [0.2, 0.25) is 0 Å². The number of rotatable bonds is 39. The summed E-state index contributed by atoms with van der Waals surface area (Å²) in [5, 5.41) is 20.9. The van der Waals surface area contributed by atoms with Crippen LogP contribution in [0.15, 0.2) is 0 Å². The van der Waals surface area contributed by atoms with Crippen molar-refractivity contribution in [1.82, 2.24) is 40.5 Å². The van der Waals surface area contributed by atoms with E-state index in [4.69, 9.17) is 29.9 Å². The Morgan fingerprint density at radius 2 is 0.645 bits per heavy atom. The summed E-state index contributed by atoms with van der Waals surface area (Å²) in [4.78, 5) is 33.3. The smallest absolute Gasteiger partial charge is 0.232 e. The molecule has 0 saturated carbocycles. The molecule has 2 aromatic rings. The first-order valence-electron chi connectivity index (χ1n) is 25.4. The Bertz CT molecular complexity index is 1260. The number of nitrogens with zero attached hydrogens (tertiary/aromatic N) is 8. The van der Waals surface area contributed by atoms with Gasteiger partial charge in [-0.15, -0.1) is 0 Å². The molecule has 0 atom stereocenters. The van der Waals surface area contributed by atoms with Crippen molar-refractivity contribution in [3.8, 4) is 0 Å². The van der Waals surface area contributed by atoms with Gasteiger partial charge in [0, 0.05) is 90.0 Å². The van der Waals surface area contributed by atoms with Crippen LogP contribution in [-0.2, 0) is 0 Å². The van der Waals surface area contributed by atoms with Gasteiger partial charge < -0.3 is 41.7 Å². The van der Waals surface area contributed by atoms with Crippen molar-refractivity contribution in [2.45, 2.75) is 168 Å². The summed E-state index contributed by atoms with van der Waals surface area (Å²) in [5.41, 5.74) is 0. The highest BCUT2D eigenvalue weighted by atomic mass is 33.1. The van der Waals surface area contributed by atoms with Crippen LogP contribution in [0.25, 0.3) is 0 Å². The molecule has 4 rings (SSSR count). The molecule has 0 aromatic carbocycles. The van der Waals surface area contributed by atoms with Crippen LogP contribution >= 0.6 is 21.6 Å². The molecule has 0 unspecified atom stereocenters. The Kier molecular flexibility index (Phi) is 30.0. The molecule has 16 heteroatoms. The second-order valence-electron chi connectivity index (χ2n) is 17.2. The van der Waals surface area contributed by atoms with Crippen molar-refractivity contribution in [2.75, 3.05) is 121 Å². The summed E-state index contributed by atoms with van der Waals surface area (Å²) >= 11 is 0. The molecule has 0 aliphatic carbocycles. The fraction of sp³-hybridized carbons (Fsp3) is 0.870. The first-order valence-corrected chi connectivity index (χ1v) is 27.9. The highest BCUT2D eigenvalue weighted by Gasteiger charge is 2.18. The topological polar surface area (TPSA) is 156 Å². The Morgan fingerprint density at radius 1 is 0.371 bits per heavy atom. The lowest BCUT2D eigenvalue weighted by Crippen LogP contribution is -2.44. The van der Waals surface area contributed by atoms with Crippen molar-refractivity contribution >= 4 is 57.3 Å². The van der Waals surface area contributed by atoms with Crippen LogP contribution in [0, 0.1) is 0 Å². The monoisotopic (exact) mass is 901 g/mol. The normalized spacial score (nSPS) is 14.4. The largest absolute Gasteiger partial charge is 0.354 e. The third-order valence-electron chi connectivity index (χ3n) is 11.7. The molecular weight excluding hydrogens is 813 g/mol. The highest BCUT2D eigenvalue weighted by molar-refractivity contribution is 8.76. The van der Waals surface area contributed by atoms with Crippen LogP contribution in [0.4, 0.5) is 35.7 Å². The first kappa shape index (κ1) is 52.1. The van der Waals surface area contributed by atoms with Gasteiger partial charge in [-0.2, -0.15) is 29.9 Å². The van der Waals surface area contributed by atoms with Crippen LogP contribution < -0.4 is 41.7 Å². The van der Waals surface area contributed by atoms with Crippen LogP contribution in [0.5, 0.6) is 0 Å². The lowest BCUT2D eigenvalue weighted by atomic mass is 10.1. The molecule has 0 spiro atoms. The van der Waals surface area contributed by atoms with Gasteiger partial charge in [-0.3, -0.25) is 0 Å². The van der Waals surface area contributed by atoms with E-state index in [2.05, 4.69) is 55.5 Å². The van der Waals surface area contributed by atoms with Gasteiger partial charge in [0.25, 0.3) is 0 Å². The van der Waals surface area contributed by atoms with E-state index in [1.807, 2.05) is 21.6 Å². The predicted octanol–water partition coefficient (Wildman–Crippen LogP) is 10.0. The van der Waals surface area contributed by atoms with E-state index in [1.165, 1.54) is 141 Å². The fourth-order valence-corrected chi connectivity index (χ4v) is 9.73. The molecule has 14 nitrogen and oxygen atoms in total. The summed E-state index contributed by atoms with van der Waals surface area (Å²) in [6, 6.07) is 0. The summed E-state index contributed by atoms with van der Waals surface area (Å²) in [6.45, 7) is 15.3. The van der Waals surface area contributed by atoms with Gasteiger partial charge in [-0.05, 0) is 12.8 Å². The van der Waals surface area contributed by atoms with Gasteiger partial charge in [-0.1, -0.05) is 177 Å². The molecule has 2 aliphatic heterocycles. The van der Waals surface area contributed by atoms with Crippen LogP contribution in [-0.4, -0.2) is 120 Å². The van der Waals surface area contributed by atoms with Gasteiger partial charge in [0.05, 0.1) is 0 Å². The number of aromatic nitrogens is 6. The third-order valence-corrected chi connectivity index (χ3v) is 14.1. The zero-order valence-electron chi connectivity index (χ0n) is 39.3. The Morgan fingerprint density at radius 3 is 0.952 bits per heavy atom. The zero-order chi connectivity index (χ0) is 43.4. The van der Waals surface area contributed by atoms with Crippen LogP contribution in [0.1, 0.15) is 168 Å². The summed E-state index contributed by atoms with van der Waals surface area (Å²) in [7, 11) is 3.72. The molecule has 2 fully saturated rings. The molecule has 0 radical (unpaired) electrons. The average molecular weight is 901 g/mol. The molecule has 2 aliphatic rings. The lowest BCUT2D eigenvalue weighted by Gasteiger charge is -2.27. The SMILES string of the molecule is CCCCCCCCCCCCCCNc1nc(NCCSSCCNc2nc(NCCCCCCCCCCCCCC)nc(N3CCNCC3)n2)nc(N2CCNCC2)n1. The van der Waals surface area contributed by atoms with Crippen molar-refractivity contribution in [3.63, 3.8) is 0 Å². The number of piperazine rings is 2. The zero-order valence-corrected chi connectivity index (χ0v) is 40.9. The minimum absolute atomic E-state index is 0.649. The molecule has 6 N–H and O–H groups in total. The summed E-state index contributed by atoms with van der Waals surface area (Å²) in [5.74, 6) is 6.04. The number of anilines is 6. The molecule has 0 bridgehead atoms. The van der Waals surface area contributed by atoms with Crippen molar-refractivity contribution in [2.24, 2.45) is 0 Å². The van der Waals surface area contributed by atoms with E-state index < -0.39 is 0 Å². The highest BCUT2D eigenvalue weighted by Crippen LogP contribution is 2.22. The van der Waals surface area contributed by atoms with E-state index in [1.54, 1.807) is 0 Å². The standard InChI is InChI=1S/C46H88N14S2/c1-3-5-7-9-11-13-15-17-19-21-23-25-27-49-41-53-43(57-45(55-41)59-35-29-47-30-36-59)51-33-39-61-62-40-34-52-44-54-42(56-46(58-44)60-37-31-48-32-38-60)50-28-26-24-22-20-18-16-14-12-10-8-6-4-2/h47-48H,3-40H2,1-2H3,(H2,49,51,53,55,57)(H2,50,52,54,56,58). The molecule has 62 heavy (non-hydrogen) atoms. The van der Waals surface area contributed by atoms with Gasteiger partial charge in [-0.25, -0.2) is 0 Å². The maximum atomic E-state index is 4.82. The first-order chi connectivity index (χ1) is 30.7. The minimum Gasteiger partial charge on any atom is -0.354 e. The third kappa shape index (κ3) is 24.5. The molecule has 4 heterocycles. The maximum absolute atomic E-state index is 4.82.